The number of nitrogens with two attached hydrogens (primary N) is 1. The van der Waals surface area contributed by atoms with Crippen LogP contribution in [-0.4, -0.2) is 10.9 Å². The lowest BCUT2D eigenvalue weighted by Crippen LogP contribution is -2.15. The van der Waals surface area contributed by atoms with E-state index >= 15 is 0 Å². The fraction of sp³-hybridized carbons (Fsp3) is 0.143. The van der Waals surface area contributed by atoms with Gasteiger partial charge < -0.3 is 11.1 Å². The van der Waals surface area contributed by atoms with Gasteiger partial charge in [-0.05, 0) is 47.5 Å². The molecule has 0 aliphatic rings. The molecule has 0 fully saturated rings. The van der Waals surface area contributed by atoms with Crippen molar-refractivity contribution in [3.05, 3.63) is 51.3 Å². The van der Waals surface area contributed by atoms with E-state index in [1.165, 1.54) is 6.20 Å². The summed E-state index contributed by atoms with van der Waals surface area (Å²) in [5.41, 5.74) is 6.70. The monoisotopic (exact) mass is 355 g/mol. The zero-order valence-corrected chi connectivity index (χ0v) is 12.9. The molecule has 1 aromatic heterocycles. The van der Waals surface area contributed by atoms with E-state index in [4.69, 9.17) is 5.73 Å². The second-order valence-electron chi connectivity index (χ2n) is 4.47. The molecule has 3 N–H and O–H groups in total. The van der Waals surface area contributed by atoms with Gasteiger partial charge in [-0.3, -0.25) is 9.78 Å². The van der Waals surface area contributed by atoms with Gasteiger partial charge in [-0.15, -0.1) is 0 Å². The first kappa shape index (κ1) is 15.4. The number of rotatable bonds is 3. The Morgan fingerprint density at radius 1 is 1.33 bits per heavy atom. The van der Waals surface area contributed by atoms with E-state index in [9.17, 15) is 13.6 Å². The zero-order chi connectivity index (χ0) is 15.7. The second-order valence-corrected chi connectivity index (χ2v) is 5.26. The normalized spacial score (nSPS) is 10.5. The number of benzene rings is 1. The van der Waals surface area contributed by atoms with Crippen LogP contribution in [0.3, 0.4) is 0 Å². The number of carbonyl (C=O) groups is 1. The molecule has 0 saturated carbocycles. The van der Waals surface area contributed by atoms with Gasteiger partial charge in [0.05, 0.1) is 28.8 Å². The number of amides is 1. The molecule has 4 nitrogen and oxygen atoms in total. The lowest BCUT2D eigenvalue weighted by molar-refractivity contribution is 0.100. The van der Waals surface area contributed by atoms with Gasteiger partial charge in [0, 0.05) is 4.47 Å². The minimum absolute atomic E-state index is 0.134. The summed E-state index contributed by atoms with van der Waals surface area (Å²) >= 11 is 3.36. The molecule has 0 spiro atoms. The van der Waals surface area contributed by atoms with E-state index in [0.717, 1.165) is 27.9 Å². The van der Waals surface area contributed by atoms with Crippen LogP contribution in [0.1, 0.15) is 21.6 Å². The summed E-state index contributed by atoms with van der Waals surface area (Å²) in [6, 6.07) is 1.99. The Kier molecular flexibility index (Phi) is 4.22. The third kappa shape index (κ3) is 2.87. The first-order valence-electron chi connectivity index (χ1n) is 5.99. The van der Waals surface area contributed by atoms with E-state index < -0.39 is 17.5 Å². The minimum atomic E-state index is -1.16. The number of halogens is 3. The Hall–Kier alpha value is -2.02. The number of nitrogens with zero attached hydrogens (tertiary/aromatic N) is 1. The van der Waals surface area contributed by atoms with Crippen LogP contribution in [0.5, 0.6) is 0 Å². The summed E-state index contributed by atoms with van der Waals surface area (Å²) in [6.45, 7) is 3.58. The van der Waals surface area contributed by atoms with Gasteiger partial charge in [0.25, 0.3) is 5.91 Å². The first-order valence-corrected chi connectivity index (χ1v) is 6.78. The largest absolute Gasteiger partial charge is 0.366 e. The molecule has 0 bridgehead atoms. The van der Waals surface area contributed by atoms with Crippen LogP contribution in [0.25, 0.3) is 0 Å². The number of hydrogen-bond donors (Lipinski definition) is 2. The quantitative estimate of drug-likeness (QED) is 0.883. The number of aromatic nitrogens is 1. The SMILES string of the molecule is Cc1ncc(Nc2c(C(N)=O)ccc(F)c2F)c(C)c1Br. The molecule has 21 heavy (non-hydrogen) atoms. The average Bonchev–Trinajstić information content (AvgIpc) is 2.44. The molecule has 1 aromatic carbocycles. The highest BCUT2D eigenvalue weighted by molar-refractivity contribution is 9.10. The highest BCUT2D eigenvalue weighted by Gasteiger charge is 2.18. The minimum Gasteiger partial charge on any atom is -0.366 e. The number of pyridine rings is 1. The van der Waals surface area contributed by atoms with Crippen LogP contribution in [0, 0.1) is 25.5 Å². The third-order valence-corrected chi connectivity index (χ3v) is 4.23. The topological polar surface area (TPSA) is 68.0 Å². The summed E-state index contributed by atoms with van der Waals surface area (Å²) in [5, 5.41) is 2.69. The number of anilines is 2. The van der Waals surface area contributed by atoms with Crippen molar-refractivity contribution in [1.82, 2.24) is 4.98 Å². The Labute approximate surface area is 128 Å². The molecule has 110 valence electrons. The van der Waals surface area contributed by atoms with Gasteiger partial charge in [-0.2, -0.15) is 0 Å². The molecule has 2 rings (SSSR count). The third-order valence-electron chi connectivity index (χ3n) is 3.06. The van der Waals surface area contributed by atoms with E-state index in [-0.39, 0.29) is 11.3 Å². The molecule has 0 aliphatic heterocycles. The average molecular weight is 356 g/mol. The summed E-state index contributed by atoms with van der Waals surface area (Å²) in [7, 11) is 0. The lowest BCUT2D eigenvalue weighted by atomic mass is 10.1. The maximum Gasteiger partial charge on any atom is 0.250 e. The molecule has 0 atom stereocenters. The van der Waals surface area contributed by atoms with Crippen molar-refractivity contribution in [3.8, 4) is 0 Å². The molecule has 1 heterocycles. The van der Waals surface area contributed by atoms with Gasteiger partial charge >= 0.3 is 0 Å². The van der Waals surface area contributed by atoms with Crippen molar-refractivity contribution >= 4 is 33.2 Å². The fourth-order valence-electron chi connectivity index (χ4n) is 1.84. The summed E-state index contributed by atoms with van der Waals surface area (Å²) in [6.07, 6.45) is 1.48. The van der Waals surface area contributed by atoms with Gasteiger partial charge in [-0.1, -0.05) is 0 Å². The molecule has 2 aromatic rings. The number of nitrogens with one attached hydrogen (secondary N) is 1. The van der Waals surface area contributed by atoms with E-state index in [1.54, 1.807) is 13.8 Å². The van der Waals surface area contributed by atoms with Crippen molar-refractivity contribution < 1.29 is 13.6 Å². The predicted octanol–water partition coefficient (Wildman–Crippen LogP) is 3.58. The standard InChI is InChI=1S/C14H12BrF2N3O/c1-6-10(5-19-7(2)11(6)15)20-13-8(14(18)21)3-4-9(16)12(13)17/h3-5,20H,1-2H3,(H2,18,21). The van der Waals surface area contributed by atoms with E-state index in [1.807, 2.05) is 0 Å². The molecule has 0 radical (unpaired) electrons. The summed E-state index contributed by atoms with van der Waals surface area (Å²) in [5.74, 6) is -3.09. The van der Waals surface area contributed by atoms with Crippen LogP contribution in [0.2, 0.25) is 0 Å². The van der Waals surface area contributed by atoms with Gasteiger partial charge in [0.2, 0.25) is 0 Å². The smallest absolute Gasteiger partial charge is 0.250 e. The fourth-order valence-corrected chi connectivity index (χ4v) is 2.16. The number of primary amides is 1. The van der Waals surface area contributed by atoms with Crippen molar-refractivity contribution in [2.45, 2.75) is 13.8 Å². The first-order chi connectivity index (χ1) is 9.82. The summed E-state index contributed by atoms with van der Waals surface area (Å²) in [4.78, 5) is 15.5. The van der Waals surface area contributed by atoms with Crippen LogP contribution in [-0.2, 0) is 0 Å². The van der Waals surface area contributed by atoms with Gasteiger partial charge in [0.1, 0.15) is 0 Å². The van der Waals surface area contributed by atoms with Crippen LogP contribution >= 0.6 is 15.9 Å². The number of hydrogen-bond acceptors (Lipinski definition) is 3. The Morgan fingerprint density at radius 2 is 2.00 bits per heavy atom. The molecule has 0 aliphatic carbocycles. The van der Waals surface area contributed by atoms with E-state index in [2.05, 4.69) is 26.2 Å². The van der Waals surface area contributed by atoms with Gasteiger partial charge in [-0.25, -0.2) is 8.78 Å². The molecule has 7 heteroatoms. The molecule has 0 unspecified atom stereocenters. The molecular formula is C14H12BrF2N3O. The van der Waals surface area contributed by atoms with Gasteiger partial charge in [0.15, 0.2) is 11.6 Å². The van der Waals surface area contributed by atoms with Crippen molar-refractivity contribution in [2.24, 2.45) is 5.73 Å². The van der Waals surface area contributed by atoms with Crippen molar-refractivity contribution in [2.75, 3.05) is 5.32 Å². The van der Waals surface area contributed by atoms with Crippen molar-refractivity contribution in [1.29, 1.82) is 0 Å². The van der Waals surface area contributed by atoms with Crippen LogP contribution < -0.4 is 11.1 Å². The Morgan fingerprint density at radius 3 is 2.62 bits per heavy atom. The Bertz CT molecular complexity index is 735. The van der Waals surface area contributed by atoms with E-state index in [0.29, 0.717) is 5.69 Å². The molecule has 0 saturated heterocycles. The van der Waals surface area contributed by atoms with Crippen molar-refractivity contribution in [3.63, 3.8) is 0 Å². The van der Waals surface area contributed by atoms with Crippen LogP contribution in [0.4, 0.5) is 20.2 Å². The number of aryl methyl sites for hydroxylation is 1. The highest BCUT2D eigenvalue weighted by atomic mass is 79.9. The lowest BCUT2D eigenvalue weighted by Gasteiger charge is -2.15. The second kappa shape index (κ2) is 5.77. The highest BCUT2D eigenvalue weighted by Crippen LogP contribution is 2.31. The van der Waals surface area contributed by atoms with Crippen LogP contribution in [0.15, 0.2) is 22.8 Å². The maximum atomic E-state index is 13.9. The zero-order valence-electron chi connectivity index (χ0n) is 11.3. The molecule has 1 amide bonds. The summed E-state index contributed by atoms with van der Waals surface area (Å²) < 4.78 is 28.1. The predicted molar refractivity (Wildman–Crippen MR) is 79.6 cm³/mol. The Balaban J connectivity index is 2.56. The molecular weight excluding hydrogens is 344 g/mol. The maximum absolute atomic E-state index is 13.9. The number of carbonyl (C=O) groups excluding carboxylic acids is 1.